The summed E-state index contributed by atoms with van der Waals surface area (Å²) in [6.45, 7) is 0. The number of para-hydroxylation sites is 1. The highest BCUT2D eigenvalue weighted by Crippen LogP contribution is 2.25. The molecular weight excluding hydrogens is 385 g/mol. The van der Waals surface area contributed by atoms with Crippen LogP contribution in [0.25, 0.3) is 10.9 Å². The number of aliphatic hydroxyl groups is 1. The first kappa shape index (κ1) is 20.2. The topological polar surface area (TPSA) is 84.3 Å². The van der Waals surface area contributed by atoms with Gasteiger partial charge in [-0.3, -0.25) is 4.79 Å². The van der Waals surface area contributed by atoms with E-state index in [9.17, 15) is 14.3 Å². The smallest absolute Gasteiger partial charge is 0.270 e. The lowest BCUT2D eigenvalue weighted by molar-refractivity contribution is 0.0714. The van der Waals surface area contributed by atoms with Crippen molar-refractivity contribution in [1.82, 2.24) is 15.3 Å². The number of aliphatic hydroxyl groups excluding tert-OH is 1. The normalized spacial score (nSPS) is 18.9. The van der Waals surface area contributed by atoms with Gasteiger partial charge in [0, 0.05) is 17.6 Å². The van der Waals surface area contributed by atoms with Crippen molar-refractivity contribution >= 4 is 16.8 Å². The van der Waals surface area contributed by atoms with E-state index in [4.69, 9.17) is 4.74 Å². The molecule has 0 aliphatic heterocycles. The predicted octanol–water partition coefficient (Wildman–Crippen LogP) is 3.40. The van der Waals surface area contributed by atoms with Crippen LogP contribution in [0.1, 0.15) is 47.3 Å². The molecule has 4 rings (SSSR count). The maximum Gasteiger partial charge on any atom is 0.270 e. The molecule has 1 aliphatic carbocycles. The zero-order valence-electron chi connectivity index (χ0n) is 16.8. The van der Waals surface area contributed by atoms with E-state index >= 15 is 0 Å². The van der Waals surface area contributed by atoms with Gasteiger partial charge in [0.1, 0.15) is 17.0 Å². The van der Waals surface area contributed by atoms with Crippen LogP contribution in [0.5, 0.6) is 5.88 Å². The molecular formula is C23H24FN3O3. The molecule has 1 fully saturated rings. The number of halogens is 1. The summed E-state index contributed by atoms with van der Waals surface area (Å²) in [7, 11) is 1.55. The Balaban J connectivity index is 1.68. The number of hydrogen-bond acceptors (Lipinski definition) is 5. The number of carbonyl (C=O) groups is 1. The molecule has 3 aromatic rings. The molecule has 0 saturated heterocycles. The first-order valence-corrected chi connectivity index (χ1v) is 10.1. The third-order valence-corrected chi connectivity index (χ3v) is 5.56. The van der Waals surface area contributed by atoms with Crippen LogP contribution >= 0.6 is 0 Å². The lowest BCUT2D eigenvalue weighted by atomic mass is 9.92. The lowest BCUT2D eigenvalue weighted by Gasteiger charge is -2.28. The maximum atomic E-state index is 14.5. The third-order valence-electron chi connectivity index (χ3n) is 5.56. The van der Waals surface area contributed by atoms with Crippen LogP contribution in [0.3, 0.4) is 0 Å². The number of ether oxygens (including phenoxy) is 1. The van der Waals surface area contributed by atoms with E-state index in [-0.39, 0.29) is 17.3 Å². The van der Waals surface area contributed by atoms with Gasteiger partial charge in [-0.05, 0) is 42.5 Å². The van der Waals surface area contributed by atoms with Gasteiger partial charge in [0.15, 0.2) is 0 Å². The van der Waals surface area contributed by atoms with Crippen molar-refractivity contribution in [1.29, 1.82) is 0 Å². The fourth-order valence-corrected chi connectivity index (χ4v) is 3.92. The number of methoxy groups -OCH3 is 1. The van der Waals surface area contributed by atoms with E-state index in [1.165, 1.54) is 6.07 Å². The van der Waals surface area contributed by atoms with Crippen LogP contribution in [-0.4, -0.2) is 40.2 Å². The molecule has 0 radical (unpaired) electrons. The predicted molar refractivity (Wildman–Crippen MR) is 111 cm³/mol. The molecule has 0 unspecified atom stereocenters. The summed E-state index contributed by atoms with van der Waals surface area (Å²) in [6.07, 6.45) is 4.89. The Morgan fingerprint density at radius 1 is 1.27 bits per heavy atom. The van der Waals surface area contributed by atoms with Gasteiger partial charge < -0.3 is 15.2 Å². The minimum atomic E-state index is -0.565. The van der Waals surface area contributed by atoms with Crippen LogP contribution < -0.4 is 10.1 Å². The third kappa shape index (κ3) is 4.26. The largest absolute Gasteiger partial charge is 0.481 e. The van der Waals surface area contributed by atoms with Crippen LogP contribution in [0.15, 0.2) is 42.6 Å². The molecule has 2 aromatic heterocycles. The number of nitrogens with zero attached hydrogens (tertiary/aromatic N) is 2. The molecule has 2 atom stereocenters. The average molecular weight is 409 g/mol. The number of pyridine rings is 2. The number of nitrogens with one attached hydrogen (secondary N) is 1. The van der Waals surface area contributed by atoms with Gasteiger partial charge in [-0.15, -0.1) is 0 Å². The monoisotopic (exact) mass is 409 g/mol. The second-order valence-corrected chi connectivity index (χ2v) is 7.62. The Morgan fingerprint density at radius 3 is 2.83 bits per heavy atom. The van der Waals surface area contributed by atoms with Gasteiger partial charge in [-0.2, -0.15) is 0 Å². The number of aromatic nitrogens is 2. The van der Waals surface area contributed by atoms with E-state index in [2.05, 4.69) is 15.3 Å². The van der Waals surface area contributed by atoms with E-state index in [0.29, 0.717) is 24.1 Å². The van der Waals surface area contributed by atoms with Gasteiger partial charge in [-0.25, -0.2) is 14.4 Å². The number of hydrogen-bond donors (Lipinski definition) is 2. The molecule has 1 aromatic carbocycles. The molecule has 1 saturated carbocycles. The Kier molecular flexibility index (Phi) is 5.90. The number of amides is 1. The van der Waals surface area contributed by atoms with Gasteiger partial charge in [-0.1, -0.05) is 31.0 Å². The molecule has 0 bridgehead atoms. The average Bonchev–Trinajstić information content (AvgIpc) is 2.76. The highest BCUT2D eigenvalue weighted by atomic mass is 19.1. The molecule has 1 aliphatic rings. The molecule has 1 amide bonds. The maximum absolute atomic E-state index is 14.5. The van der Waals surface area contributed by atoms with E-state index in [0.717, 1.165) is 30.4 Å². The Hall–Kier alpha value is -3.06. The van der Waals surface area contributed by atoms with Crippen LogP contribution in [0.2, 0.25) is 0 Å². The van der Waals surface area contributed by atoms with Gasteiger partial charge in [0.25, 0.3) is 5.91 Å². The minimum absolute atomic E-state index is 0.141. The van der Waals surface area contributed by atoms with Crippen LogP contribution in [0.4, 0.5) is 4.39 Å². The summed E-state index contributed by atoms with van der Waals surface area (Å²) in [4.78, 5) is 21.4. The molecule has 30 heavy (non-hydrogen) atoms. The molecule has 7 heteroatoms. The molecule has 2 N–H and O–H groups in total. The van der Waals surface area contributed by atoms with Crippen molar-refractivity contribution in [3.05, 3.63) is 65.2 Å². The van der Waals surface area contributed by atoms with E-state index in [1.54, 1.807) is 37.6 Å². The summed E-state index contributed by atoms with van der Waals surface area (Å²) in [5.74, 6) is -0.371. The minimum Gasteiger partial charge on any atom is -0.481 e. The summed E-state index contributed by atoms with van der Waals surface area (Å²) < 4.78 is 19.6. The molecule has 0 spiro atoms. The van der Waals surface area contributed by atoms with Crippen LogP contribution in [-0.2, 0) is 6.42 Å². The van der Waals surface area contributed by atoms with Gasteiger partial charge >= 0.3 is 0 Å². The van der Waals surface area contributed by atoms with E-state index in [1.807, 2.05) is 6.07 Å². The SMILES string of the molecule is COc1ccc(Cc2cc(C(=O)N[C@H]3CCCC[C@@H]3O)nc3c(F)cccc23)cn1. The zero-order valence-corrected chi connectivity index (χ0v) is 16.8. The number of rotatable bonds is 5. The highest BCUT2D eigenvalue weighted by Gasteiger charge is 2.26. The first-order valence-electron chi connectivity index (χ1n) is 10.1. The highest BCUT2D eigenvalue weighted by molar-refractivity contribution is 5.96. The molecule has 156 valence electrons. The van der Waals surface area contributed by atoms with Crippen molar-refractivity contribution in [2.45, 2.75) is 44.2 Å². The lowest BCUT2D eigenvalue weighted by Crippen LogP contribution is -2.45. The number of carbonyl (C=O) groups excluding carboxylic acids is 1. The summed E-state index contributed by atoms with van der Waals surface area (Å²) >= 11 is 0. The van der Waals surface area contributed by atoms with Crippen molar-refractivity contribution in [2.75, 3.05) is 7.11 Å². The van der Waals surface area contributed by atoms with E-state index < -0.39 is 17.8 Å². The van der Waals surface area contributed by atoms with Gasteiger partial charge in [0.2, 0.25) is 5.88 Å². The molecule has 2 heterocycles. The Labute approximate surface area is 174 Å². The Morgan fingerprint density at radius 2 is 2.10 bits per heavy atom. The summed E-state index contributed by atoms with van der Waals surface area (Å²) in [5.41, 5.74) is 1.98. The number of fused-ring (bicyclic) bond motifs is 1. The standard InChI is InChI=1S/C23H24FN3O3/c1-30-21-10-9-14(13-25-21)11-15-12-19(26-22-16(15)5-4-6-17(22)24)23(29)27-18-7-2-3-8-20(18)28/h4-6,9-10,12-13,18,20,28H,2-3,7-8,11H2,1H3,(H,27,29)/t18-,20-/m0/s1. The van der Waals surface area contributed by atoms with Crippen molar-refractivity contribution < 1.29 is 19.0 Å². The van der Waals surface area contributed by atoms with Crippen LogP contribution in [0, 0.1) is 5.82 Å². The van der Waals surface area contributed by atoms with Crippen molar-refractivity contribution in [3.8, 4) is 5.88 Å². The van der Waals surface area contributed by atoms with Crippen molar-refractivity contribution in [3.63, 3.8) is 0 Å². The second-order valence-electron chi connectivity index (χ2n) is 7.62. The first-order chi connectivity index (χ1) is 14.5. The molecule has 6 nitrogen and oxygen atoms in total. The second kappa shape index (κ2) is 8.75. The number of benzene rings is 1. The fraction of sp³-hybridized carbons (Fsp3) is 0.348. The van der Waals surface area contributed by atoms with Gasteiger partial charge in [0.05, 0.1) is 19.3 Å². The van der Waals surface area contributed by atoms with Crippen molar-refractivity contribution in [2.24, 2.45) is 0 Å². The fourth-order valence-electron chi connectivity index (χ4n) is 3.92. The zero-order chi connectivity index (χ0) is 21.1. The quantitative estimate of drug-likeness (QED) is 0.675. The Bertz CT molecular complexity index is 1060. The summed E-state index contributed by atoms with van der Waals surface area (Å²) in [5, 5.41) is 13.7. The summed E-state index contributed by atoms with van der Waals surface area (Å²) in [6, 6.07) is 9.79.